The number of amides is 1. The van der Waals surface area contributed by atoms with E-state index in [1.54, 1.807) is 11.3 Å². The number of likely N-dealkylation sites (N-methyl/N-ethyl adjacent to an activating group) is 1. The molecule has 1 amide bonds. The van der Waals surface area contributed by atoms with Gasteiger partial charge in [-0.25, -0.2) is 0 Å². The van der Waals surface area contributed by atoms with Gasteiger partial charge in [0.15, 0.2) is 0 Å². The number of carbonyl (C=O) groups excluding carboxylic acids is 1. The van der Waals surface area contributed by atoms with Gasteiger partial charge in [0.05, 0.1) is 12.2 Å². The Balaban J connectivity index is 1.93. The fourth-order valence-electron chi connectivity index (χ4n) is 1.86. The summed E-state index contributed by atoms with van der Waals surface area (Å²) in [6.07, 6.45) is 0. The number of hydrogen-bond donors (Lipinski definition) is 1. The van der Waals surface area contributed by atoms with E-state index < -0.39 is 0 Å². The highest BCUT2D eigenvalue weighted by atomic mass is 79.9. The Morgan fingerprint density at radius 1 is 1.35 bits per heavy atom. The first kappa shape index (κ1) is 15.2. The summed E-state index contributed by atoms with van der Waals surface area (Å²) in [6.45, 7) is 2.47. The summed E-state index contributed by atoms with van der Waals surface area (Å²) in [4.78, 5) is 15.4. The minimum atomic E-state index is -0.0113. The zero-order valence-corrected chi connectivity index (χ0v) is 13.9. The number of benzene rings is 1. The molecule has 0 aliphatic rings. The van der Waals surface area contributed by atoms with Crippen LogP contribution in [0.4, 0.5) is 5.69 Å². The van der Waals surface area contributed by atoms with Crippen molar-refractivity contribution in [3.05, 3.63) is 51.1 Å². The van der Waals surface area contributed by atoms with Crippen LogP contribution in [0.15, 0.2) is 46.3 Å². The first-order valence-electron chi connectivity index (χ1n) is 6.36. The zero-order valence-electron chi connectivity index (χ0n) is 11.5. The number of nitrogens with one attached hydrogen (secondary N) is 1. The molecule has 0 spiro atoms. The molecule has 5 heteroatoms. The summed E-state index contributed by atoms with van der Waals surface area (Å²) >= 11 is 5.14. The Hall–Kier alpha value is -1.17. The number of thiophene rings is 1. The van der Waals surface area contributed by atoms with Crippen LogP contribution < -0.4 is 5.32 Å². The predicted octanol–water partition coefficient (Wildman–Crippen LogP) is 4.14. The molecular weight excluding hydrogens is 336 g/mol. The van der Waals surface area contributed by atoms with Gasteiger partial charge in [0.1, 0.15) is 0 Å². The van der Waals surface area contributed by atoms with Crippen LogP contribution in [0.1, 0.15) is 17.8 Å². The predicted molar refractivity (Wildman–Crippen MR) is 88.1 cm³/mol. The number of halogens is 1. The van der Waals surface area contributed by atoms with Crippen LogP contribution in [0, 0.1) is 0 Å². The van der Waals surface area contributed by atoms with Gasteiger partial charge in [0.25, 0.3) is 0 Å². The van der Waals surface area contributed by atoms with Crippen molar-refractivity contribution in [3.8, 4) is 0 Å². The molecule has 0 saturated heterocycles. The quantitative estimate of drug-likeness (QED) is 0.876. The summed E-state index contributed by atoms with van der Waals surface area (Å²) in [5, 5.41) is 4.97. The van der Waals surface area contributed by atoms with Gasteiger partial charge in [0, 0.05) is 15.4 Å². The van der Waals surface area contributed by atoms with Crippen molar-refractivity contribution < 1.29 is 4.79 Å². The number of carbonyl (C=O) groups is 1. The Kier molecular flexibility index (Phi) is 5.34. The Bertz CT molecular complexity index is 571. The van der Waals surface area contributed by atoms with Gasteiger partial charge in [-0.2, -0.15) is 0 Å². The van der Waals surface area contributed by atoms with E-state index in [0.29, 0.717) is 6.54 Å². The summed E-state index contributed by atoms with van der Waals surface area (Å²) in [5.41, 5.74) is 0.801. The third-order valence-electron chi connectivity index (χ3n) is 3.16. The van der Waals surface area contributed by atoms with Crippen molar-refractivity contribution in [2.75, 3.05) is 18.9 Å². The number of para-hydroxylation sites is 1. The number of anilines is 1. The van der Waals surface area contributed by atoms with Gasteiger partial charge in [-0.3, -0.25) is 9.69 Å². The highest BCUT2D eigenvalue weighted by Gasteiger charge is 2.16. The van der Waals surface area contributed by atoms with Crippen LogP contribution >= 0.6 is 27.3 Å². The van der Waals surface area contributed by atoms with Crippen molar-refractivity contribution in [2.45, 2.75) is 13.0 Å². The molecule has 0 fully saturated rings. The van der Waals surface area contributed by atoms with Crippen molar-refractivity contribution in [2.24, 2.45) is 0 Å². The van der Waals surface area contributed by atoms with E-state index in [1.165, 1.54) is 4.88 Å². The molecule has 0 radical (unpaired) electrons. The molecule has 0 aliphatic heterocycles. The number of hydrogen-bond acceptors (Lipinski definition) is 3. The van der Waals surface area contributed by atoms with Crippen LogP contribution in [0.3, 0.4) is 0 Å². The van der Waals surface area contributed by atoms with Gasteiger partial charge >= 0.3 is 0 Å². The van der Waals surface area contributed by atoms with E-state index >= 15 is 0 Å². The lowest BCUT2D eigenvalue weighted by molar-refractivity contribution is -0.117. The van der Waals surface area contributed by atoms with Gasteiger partial charge in [-0.1, -0.05) is 18.2 Å². The topological polar surface area (TPSA) is 32.3 Å². The second kappa shape index (κ2) is 7.02. The van der Waals surface area contributed by atoms with Crippen LogP contribution in [0.25, 0.3) is 0 Å². The number of nitrogens with zero attached hydrogens (tertiary/aromatic N) is 1. The second-order valence-corrected chi connectivity index (χ2v) is 6.47. The molecule has 0 aliphatic carbocycles. The largest absolute Gasteiger partial charge is 0.324 e. The molecule has 106 valence electrons. The highest BCUT2D eigenvalue weighted by molar-refractivity contribution is 9.10. The first-order valence-corrected chi connectivity index (χ1v) is 8.03. The molecule has 3 nitrogen and oxygen atoms in total. The van der Waals surface area contributed by atoms with E-state index in [9.17, 15) is 4.79 Å². The molecule has 1 heterocycles. The molecule has 0 bridgehead atoms. The molecular formula is C15H17BrN2OS. The summed E-state index contributed by atoms with van der Waals surface area (Å²) in [5.74, 6) is -0.0113. The average Bonchev–Trinajstić information content (AvgIpc) is 2.94. The number of rotatable bonds is 5. The van der Waals surface area contributed by atoms with E-state index in [2.05, 4.69) is 39.6 Å². The van der Waals surface area contributed by atoms with E-state index in [1.807, 2.05) is 42.3 Å². The molecule has 20 heavy (non-hydrogen) atoms. The highest BCUT2D eigenvalue weighted by Crippen LogP contribution is 2.24. The van der Waals surface area contributed by atoms with Crippen molar-refractivity contribution in [1.29, 1.82) is 0 Å². The van der Waals surface area contributed by atoms with Crippen LogP contribution in [0.2, 0.25) is 0 Å². The molecule has 2 rings (SSSR count). The maximum atomic E-state index is 12.1. The third-order valence-corrected chi connectivity index (χ3v) is 4.89. The monoisotopic (exact) mass is 352 g/mol. The Labute approximate surface area is 131 Å². The van der Waals surface area contributed by atoms with Crippen molar-refractivity contribution >= 4 is 38.9 Å². The molecule has 1 atom stereocenters. The SMILES string of the molecule is C[C@H](c1cccs1)N(C)CC(=O)Nc1ccccc1Br. The lowest BCUT2D eigenvalue weighted by Crippen LogP contribution is -2.32. The molecule has 1 aromatic heterocycles. The van der Waals surface area contributed by atoms with Gasteiger partial charge in [-0.15, -0.1) is 11.3 Å². The maximum absolute atomic E-state index is 12.1. The average molecular weight is 353 g/mol. The van der Waals surface area contributed by atoms with E-state index in [-0.39, 0.29) is 11.9 Å². The normalized spacial score (nSPS) is 12.4. The molecule has 2 aromatic rings. The zero-order chi connectivity index (χ0) is 14.5. The van der Waals surface area contributed by atoms with Gasteiger partial charge in [0.2, 0.25) is 5.91 Å². The Morgan fingerprint density at radius 3 is 2.75 bits per heavy atom. The van der Waals surface area contributed by atoms with Crippen molar-refractivity contribution in [1.82, 2.24) is 4.90 Å². The van der Waals surface area contributed by atoms with Crippen LogP contribution in [0.5, 0.6) is 0 Å². The standard InChI is InChI=1S/C15H17BrN2OS/c1-11(14-8-5-9-20-14)18(2)10-15(19)17-13-7-4-3-6-12(13)16/h3-9,11H,10H2,1-2H3,(H,17,19)/t11-/m1/s1. The lowest BCUT2D eigenvalue weighted by atomic mass is 10.2. The molecule has 1 N–H and O–H groups in total. The summed E-state index contributed by atoms with van der Waals surface area (Å²) in [6, 6.07) is 12.0. The third kappa shape index (κ3) is 3.91. The smallest absolute Gasteiger partial charge is 0.238 e. The second-order valence-electron chi connectivity index (χ2n) is 4.63. The molecule has 0 unspecified atom stereocenters. The van der Waals surface area contributed by atoms with Crippen LogP contribution in [-0.2, 0) is 4.79 Å². The van der Waals surface area contributed by atoms with Crippen LogP contribution in [-0.4, -0.2) is 24.4 Å². The minimum Gasteiger partial charge on any atom is -0.324 e. The summed E-state index contributed by atoms with van der Waals surface area (Å²) in [7, 11) is 1.96. The first-order chi connectivity index (χ1) is 9.58. The van der Waals surface area contributed by atoms with Gasteiger partial charge in [-0.05, 0) is 53.5 Å². The molecule has 1 aromatic carbocycles. The summed E-state index contributed by atoms with van der Waals surface area (Å²) < 4.78 is 0.891. The Morgan fingerprint density at radius 2 is 2.10 bits per heavy atom. The van der Waals surface area contributed by atoms with Gasteiger partial charge < -0.3 is 5.32 Å². The molecule has 0 saturated carbocycles. The van der Waals surface area contributed by atoms with E-state index in [4.69, 9.17) is 0 Å². The maximum Gasteiger partial charge on any atom is 0.238 e. The minimum absolute atomic E-state index is 0.0113. The van der Waals surface area contributed by atoms with Crippen molar-refractivity contribution in [3.63, 3.8) is 0 Å². The van der Waals surface area contributed by atoms with E-state index in [0.717, 1.165) is 10.2 Å². The fourth-order valence-corrected chi connectivity index (χ4v) is 3.09. The lowest BCUT2D eigenvalue weighted by Gasteiger charge is -2.23. The fraction of sp³-hybridized carbons (Fsp3) is 0.267.